The molecule has 1 aliphatic rings. The van der Waals surface area contributed by atoms with Crippen LogP contribution < -0.4 is 148 Å². The fourth-order valence-electron chi connectivity index (χ4n) is 3.50. The molecule has 0 atom stereocenters. The van der Waals surface area contributed by atoms with Gasteiger partial charge in [0.1, 0.15) is 0 Å². The minimum Gasteiger partial charge on any atom is -0.545 e. The Bertz CT molecular complexity index is 1140. The van der Waals surface area contributed by atoms with E-state index < -0.39 is 11.9 Å². The van der Waals surface area contributed by atoms with E-state index >= 15 is 0 Å². The van der Waals surface area contributed by atoms with E-state index in [0.29, 0.717) is 63.3 Å². The van der Waals surface area contributed by atoms with Crippen LogP contribution in [0.1, 0.15) is 32.1 Å². The van der Waals surface area contributed by atoms with Gasteiger partial charge in [0, 0.05) is 9.75 Å². The van der Waals surface area contributed by atoms with Crippen LogP contribution in [0.15, 0.2) is 42.5 Å². The number of nitrogens with zero attached hydrogens (tertiary/aromatic N) is 1. The van der Waals surface area contributed by atoms with Gasteiger partial charge in [0.05, 0.1) is 76.2 Å². The van der Waals surface area contributed by atoms with E-state index in [4.69, 9.17) is 18.9 Å². The number of thiophene rings is 1. The maximum absolute atomic E-state index is 11.4. The molecule has 37 heavy (non-hydrogen) atoms. The summed E-state index contributed by atoms with van der Waals surface area (Å²) in [5.74, 6) is -2.92. The SMILES string of the molecule is O=C([O-])c1cc(C(=O)[O-])cc(-c2ccc(-c3cc4nc(c3)COCCOCCOCCOC4)s2)c1.[Cs+].[Cs+]. The first-order valence-electron chi connectivity index (χ1n) is 11.0. The Morgan fingerprint density at radius 2 is 1.05 bits per heavy atom. The molecule has 0 saturated carbocycles. The number of benzene rings is 1. The van der Waals surface area contributed by atoms with Crippen LogP contribution in [0.4, 0.5) is 0 Å². The summed E-state index contributed by atoms with van der Waals surface area (Å²) in [5.41, 5.74) is 2.36. The third kappa shape index (κ3) is 10.7. The second-order valence-corrected chi connectivity index (χ2v) is 8.79. The maximum atomic E-state index is 11.4. The zero-order chi connectivity index (χ0) is 24.6. The van der Waals surface area contributed by atoms with E-state index in [1.807, 2.05) is 24.3 Å². The maximum Gasteiger partial charge on any atom is 1.00 e. The van der Waals surface area contributed by atoms with Crippen LogP contribution in [-0.4, -0.2) is 56.6 Å². The van der Waals surface area contributed by atoms with Crippen molar-refractivity contribution in [3.8, 4) is 20.9 Å². The summed E-state index contributed by atoms with van der Waals surface area (Å²) in [4.78, 5) is 28.9. The van der Waals surface area contributed by atoms with E-state index in [0.717, 1.165) is 27.9 Å². The summed E-state index contributed by atoms with van der Waals surface area (Å²) in [6, 6.07) is 11.3. The number of rotatable bonds is 4. The number of aromatic nitrogens is 1. The smallest absolute Gasteiger partial charge is 0.545 e. The summed E-state index contributed by atoms with van der Waals surface area (Å²) >= 11 is 1.39. The minimum atomic E-state index is -1.46. The Morgan fingerprint density at radius 3 is 1.49 bits per heavy atom. The predicted molar refractivity (Wildman–Crippen MR) is 123 cm³/mol. The standard InChI is InChI=1S/C25H25NO8S.2Cs/c27-24(28)18-9-16(10-19(11-18)25(29)30)22-1-2-23(35-22)17-12-20-14-33-7-5-31-3-4-32-6-8-34-15-21(13-17)26-20;;/h1-2,9-13H,3-8,14-15H2,(H,27,28)(H,29,30);;/q;2*+1/p-2. The number of carbonyl (C=O) groups is 2. The van der Waals surface area contributed by atoms with Gasteiger partial charge in [0.2, 0.25) is 0 Å². The molecule has 2 aromatic heterocycles. The number of carboxylic acids is 2. The summed E-state index contributed by atoms with van der Waals surface area (Å²) in [6.45, 7) is 3.38. The van der Waals surface area contributed by atoms with Crippen molar-refractivity contribution in [2.75, 3.05) is 39.6 Å². The van der Waals surface area contributed by atoms with Gasteiger partial charge >= 0.3 is 138 Å². The first-order chi connectivity index (χ1) is 17.0. The number of aromatic carboxylic acids is 2. The minimum absolute atomic E-state index is 0. The average molecular weight is 763 g/mol. The molecule has 3 aromatic rings. The molecule has 0 N–H and O–H groups in total. The number of carboxylic acid groups (broad SMARTS) is 2. The van der Waals surface area contributed by atoms with E-state index in [1.165, 1.54) is 23.5 Å². The van der Waals surface area contributed by atoms with Crippen molar-refractivity contribution in [2.45, 2.75) is 13.2 Å². The molecule has 184 valence electrons. The summed E-state index contributed by atoms with van der Waals surface area (Å²) in [7, 11) is 0. The Kier molecular flexibility index (Phi) is 16.3. The number of pyridine rings is 1. The second kappa shape index (κ2) is 17.7. The fraction of sp³-hybridized carbons (Fsp3) is 0.320. The molecule has 1 aromatic carbocycles. The molecule has 0 fully saturated rings. The molecule has 0 saturated heterocycles. The van der Waals surface area contributed by atoms with Crippen molar-refractivity contribution in [3.05, 3.63) is 65.0 Å². The van der Waals surface area contributed by atoms with Crippen molar-refractivity contribution in [1.82, 2.24) is 4.98 Å². The van der Waals surface area contributed by atoms with Crippen molar-refractivity contribution in [2.24, 2.45) is 0 Å². The van der Waals surface area contributed by atoms with Gasteiger partial charge in [-0.25, -0.2) is 0 Å². The summed E-state index contributed by atoms with van der Waals surface area (Å²) in [6.07, 6.45) is 0. The predicted octanol–water partition coefficient (Wildman–Crippen LogP) is -4.71. The van der Waals surface area contributed by atoms with Crippen LogP contribution in [0, 0.1) is 0 Å². The topological polar surface area (TPSA) is 130 Å². The molecule has 2 bridgehead atoms. The number of ether oxygens (including phenoxy) is 4. The van der Waals surface area contributed by atoms with Gasteiger partial charge in [-0.2, -0.15) is 0 Å². The largest absolute Gasteiger partial charge is 1.00 e. The Hall–Kier alpha value is 0.954. The number of fused-ring (bicyclic) bond motifs is 2. The van der Waals surface area contributed by atoms with Gasteiger partial charge in [-0.1, -0.05) is 0 Å². The van der Waals surface area contributed by atoms with E-state index in [2.05, 4.69) is 4.98 Å². The zero-order valence-electron chi connectivity index (χ0n) is 20.8. The van der Waals surface area contributed by atoms with Crippen molar-refractivity contribution in [3.63, 3.8) is 0 Å². The second-order valence-electron chi connectivity index (χ2n) is 7.71. The summed E-state index contributed by atoms with van der Waals surface area (Å²) < 4.78 is 22.3. The van der Waals surface area contributed by atoms with Crippen molar-refractivity contribution >= 4 is 23.3 Å². The molecule has 0 aliphatic carbocycles. The van der Waals surface area contributed by atoms with Crippen LogP contribution in [0.5, 0.6) is 0 Å². The van der Waals surface area contributed by atoms with Crippen LogP contribution >= 0.6 is 11.3 Å². The molecule has 9 nitrogen and oxygen atoms in total. The zero-order valence-corrected chi connectivity index (χ0v) is 34.2. The normalized spacial score (nSPS) is 14.8. The Morgan fingerprint density at radius 1 is 0.649 bits per heavy atom. The molecule has 0 amide bonds. The third-order valence-corrected chi connectivity index (χ3v) is 6.31. The molecule has 1 aliphatic heterocycles. The molecule has 0 unspecified atom stereocenters. The van der Waals surface area contributed by atoms with E-state index in [1.54, 1.807) is 0 Å². The monoisotopic (exact) mass is 763 g/mol. The van der Waals surface area contributed by atoms with Gasteiger partial charge in [0.25, 0.3) is 0 Å². The fourth-order valence-corrected chi connectivity index (χ4v) is 4.49. The molecule has 0 radical (unpaired) electrons. The third-order valence-electron chi connectivity index (χ3n) is 5.13. The van der Waals surface area contributed by atoms with E-state index in [-0.39, 0.29) is 149 Å². The number of hydrogen-bond donors (Lipinski definition) is 0. The van der Waals surface area contributed by atoms with Gasteiger partial charge in [-0.15, -0.1) is 11.3 Å². The molecule has 3 heterocycles. The Labute approximate surface area is 336 Å². The molecule has 0 spiro atoms. The van der Waals surface area contributed by atoms with Crippen LogP contribution in [0.2, 0.25) is 0 Å². The first-order valence-corrected chi connectivity index (χ1v) is 11.8. The number of carbonyl (C=O) groups excluding carboxylic acids is 2. The van der Waals surface area contributed by atoms with Crippen LogP contribution in [-0.2, 0) is 32.2 Å². The number of hydrogen-bond acceptors (Lipinski definition) is 10. The quantitative estimate of drug-likeness (QED) is 0.258. The summed E-state index contributed by atoms with van der Waals surface area (Å²) in [5, 5.41) is 22.7. The molecular formula is C25H23Cs2NO8S. The van der Waals surface area contributed by atoms with Gasteiger partial charge in [0.15, 0.2) is 0 Å². The van der Waals surface area contributed by atoms with Crippen LogP contribution in [0.25, 0.3) is 20.9 Å². The Balaban J connectivity index is 0.00000241. The molecule has 12 heteroatoms. The average Bonchev–Trinajstić information content (AvgIpc) is 3.34. The first kappa shape index (κ1) is 34.2. The van der Waals surface area contributed by atoms with Crippen molar-refractivity contribution in [1.29, 1.82) is 0 Å². The molecule has 4 rings (SSSR count). The van der Waals surface area contributed by atoms with Gasteiger partial charge < -0.3 is 38.7 Å². The van der Waals surface area contributed by atoms with E-state index in [9.17, 15) is 19.8 Å². The van der Waals surface area contributed by atoms with Gasteiger partial charge in [-0.3, -0.25) is 4.98 Å². The van der Waals surface area contributed by atoms with Gasteiger partial charge in [-0.05, 0) is 64.7 Å². The van der Waals surface area contributed by atoms with Crippen molar-refractivity contribution < 1.29 is 177 Å². The van der Waals surface area contributed by atoms with Crippen LogP contribution in [0.3, 0.4) is 0 Å². The molecular weight excluding hydrogens is 740 g/mol.